The monoisotopic (exact) mass is 1010 g/mol. The molecule has 71 heavy (non-hydrogen) atoms. The molecule has 0 saturated heterocycles. The molecule has 0 aliphatic carbocycles. The lowest BCUT2D eigenvalue weighted by molar-refractivity contribution is -0.161. The van der Waals surface area contributed by atoms with Crippen molar-refractivity contribution in [1.82, 2.24) is 0 Å². The topological polar surface area (TPSA) is 134 Å². The molecular formula is C61H100NO8P. The normalized spacial score (nSPS) is 14.1. The van der Waals surface area contributed by atoms with Crippen molar-refractivity contribution in [3.05, 3.63) is 134 Å². The van der Waals surface area contributed by atoms with Gasteiger partial charge in [0.25, 0.3) is 0 Å². The van der Waals surface area contributed by atoms with Gasteiger partial charge in [-0.3, -0.25) is 18.6 Å². The third-order valence-electron chi connectivity index (χ3n) is 11.0. The second kappa shape index (κ2) is 55.5. The Kier molecular flexibility index (Phi) is 52.5. The minimum absolute atomic E-state index is 0.0412. The Morgan fingerprint density at radius 1 is 0.423 bits per heavy atom. The van der Waals surface area contributed by atoms with E-state index in [0.717, 1.165) is 109 Å². The minimum atomic E-state index is -4.40. The van der Waals surface area contributed by atoms with Gasteiger partial charge in [-0.05, 0) is 109 Å². The lowest BCUT2D eigenvalue weighted by atomic mass is 10.0. The molecule has 10 heteroatoms. The molecule has 0 aromatic carbocycles. The van der Waals surface area contributed by atoms with Crippen molar-refractivity contribution >= 4 is 19.8 Å². The van der Waals surface area contributed by atoms with Crippen LogP contribution in [0.5, 0.6) is 0 Å². The number of phosphoric acid groups is 1. The van der Waals surface area contributed by atoms with Crippen LogP contribution in [0.4, 0.5) is 0 Å². The van der Waals surface area contributed by atoms with Crippen LogP contribution in [0.2, 0.25) is 0 Å². The number of hydrogen-bond donors (Lipinski definition) is 2. The third-order valence-corrected chi connectivity index (χ3v) is 12.0. The van der Waals surface area contributed by atoms with Crippen molar-refractivity contribution in [3.8, 4) is 0 Å². The quantitative estimate of drug-likeness (QED) is 0.0264. The molecular weight excluding hydrogens is 906 g/mol. The van der Waals surface area contributed by atoms with Gasteiger partial charge in [-0.2, -0.15) is 0 Å². The zero-order valence-corrected chi connectivity index (χ0v) is 45.5. The molecule has 0 bridgehead atoms. The average Bonchev–Trinajstić information content (AvgIpc) is 3.36. The predicted octanol–water partition coefficient (Wildman–Crippen LogP) is 17.4. The average molecular weight is 1010 g/mol. The fourth-order valence-corrected chi connectivity index (χ4v) is 7.78. The van der Waals surface area contributed by atoms with Crippen LogP contribution in [-0.2, 0) is 32.7 Å². The Morgan fingerprint density at radius 2 is 0.732 bits per heavy atom. The summed E-state index contributed by atoms with van der Waals surface area (Å²) < 4.78 is 33.0. The van der Waals surface area contributed by atoms with Crippen molar-refractivity contribution < 1.29 is 37.6 Å². The molecule has 0 radical (unpaired) electrons. The first-order valence-corrected chi connectivity index (χ1v) is 29.2. The number of nitrogens with two attached hydrogens (primary N) is 1. The predicted molar refractivity (Wildman–Crippen MR) is 302 cm³/mol. The van der Waals surface area contributed by atoms with Gasteiger partial charge in [-0.1, -0.05) is 218 Å². The van der Waals surface area contributed by atoms with Gasteiger partial charge >= 0.3 is 19.8 Å². The zero-order valence-electron chi connectivity index (χ0n) is 44.7. The van der Waals surface area contributed by atoms with Crippen LogP contribution in [0.1, 0.15) is 206 Å². The number of unbranched alkanes of at least 4 members (excludes halogenated alkanes) is 15. The second-order valence-electron chi connectivity index (χ2n) is 17.7. The highest BCUT2D eigenvalue weighted by atomic mass is 31.2. The lowest BCUT2D eigenvalue weighted by Crippen LogP contribution is -2.29. The summed E-state index contributed by atoms with van der Waals surface area (Å²) in [5.41, 5.74) is 5.37. The molecule has 0 fully saturated rings. The lowest BCUT2D eigenvalue weighted by Gasteiger charge is -2.19. The summed E-state index contributed by atoms with van der Waals surface area (Å²) in [6.45, 7) is 3.46. The van der Waals surface area contributed by atoms with E-state index in [1.807, 2.05) is 0 Å². The number of allylic oxidation sites excluding steroid dienone is 22. The van der Waals surface area contributed by atoms with Gasteiger partial charge in [0.1, 0.15) is 6.61 Å². The second-order valence-corrected chi connectivity index (χ2v) is 19.1. The summed E-state index contributed by atoms with van der Waals surface area (Å²) in [7, 11) is -4.40. The maximum atomic E-state index is 12.7. The first-order valence-electron chi connectivity index (χ1n) is 27.7. The van der Waals surface area contributed by atoms with Crippen LogP contribution >= 0.6 is 7.82 Å². The Bertz CT molecular complexity index is 1620. The van der Waals surface area contributed by atoms with Gasteiger partial charge in [0.05, 0.1) is 13.2 Å². The molecule has 0 rings (SSSR count). The molecule has 0 saturated carbocycles. The molecule has 0 aliphatic rings. The molecule has 3 N–H and O–H groups in total. The van der Waals surface area contributed by atoms with E-state index in [-0.39, 0.29) is 32.6 Å². The van der Waals surface area contributed by atoms with E-state index >= 15 is 0 Å². The SMILES string of the molecule is CC/C=C\C/C=C\C/C=C\C/C=C\C/C=C\C/C=C\CCCCCCCCCCCCCCC(=O)OC(COC(=O)CCCCC/C=C\C/C=C\C/C=C\C/C=C\C/C=C\CC)COP(=O)(O)OCCN. The number of rotatable bonds is 50. The van der Waals surface area contributed by atoms with Gasteiger partial charge < -0.3 is 20.1 Å². The zero-order chi connectivity index (χ0) is 51.7. The van der Waals surface area contributed by atoms with Gasteiger partial charge in [0, 0.05) is 19.4 Å². The molecule has 0 heterocycles. The van der Waals surface area contributed by atoms with E-state index in [9.17, 15) is 19.0 Å². The van der Waals surface area contributed by atoms with Gasteiger partial charge in [-0.15, -0.1) is 0 Å². The first-order chi connectivity index (χ1) is 34.8. The first kappa shape index (κ1) is 67.1. The largest absolute Gasteiger partial charge is 0.472 e. The standard InChI is InChI=1S/C61H100NO8P/c1-3-5-7-9-11-13-15-17-19-21-23-24-25-26-27-28-29-30-31-32-33-34-36-38-40-42-44-46-48-50-52-54-61(64)70-59(58-69-71(65,66)68-56-55-62)57-67-60(63)53-51-49-47-45-43-41-39-37-35-22-20-18-16-14-12-10-8-6-4-2/h5-8,11-14,17-20,23-24,26-27,29-30,35,37,41,43,59H,3-4,9-10,15-16,21-22,25,28,31-34,36,38-40,42,44-58,62H2,1-2H3,(H,65,66)/b7-5-,8-6-,13-11-,14-12-,19-17-,20-18-,24-23-,27-26-,30-29-,37-35-,43-41-. The smallest absolute Gasteiger partial charge is 0.462 e. The molecule has 0 aromatic rings. The maximum Gasteiger partial charge on any atom is 0.472 e. The van der Waals surface area contributed by atoms with Crippen LogP contribution in [0.3, 0.4) is 0 Å². The van der Waals surface area contributed by atoms with Crippen molar-refractivity contribution in [2.45, 2.75) is 213 Å². The highest BCUT2D eigenvalue weighted by Gasteiger charge is 2.26. The highest BCUT2D eigenvalue weighted by Crippen LogP contribution is 2.43. The fourth-order valence-electron chi connectivity index (χ4n) is 7.02. The van der Waals surface area contributed by atoms with E-state index in [0.29, 0.717) is 12.8 Å². The Balaban J connectivity index is 4.06. The summed E-state index contributed by atoms with van der Waals surface area (Å²) in [5, 5.41) is 0. The summed E-state index contributed by atoms with van der Waals surface area (Å²) in [4.78, 5) is 35.1. The molecule has 2 atom stereocenters. The molecule has 0 aliphatic heterocycles. The Labute approximate surface area is 434 Å². The molecule has 9 nitrogen and oxygen atoms in total. The number of phosphoric ester groups is 1. The number of ether oxygens (including phenoxy) is 2. The number of esters is 2. The summed E-state index contributed by atoms with van der Waals surface area (Å²) in [5.74, 6) is -0.877. The Morgan fingerprint density at radius 3 is 1.10 bits per heavy atom. The van der Waals surface area contributed by atoms with Crippen LogP contribution in [0.25, 0.3) is 0 Å². The number of carbonyl (C=O) groups is 2. The maximum absolute atomic E-state index is 12.7. The molecule has 0 aromatic heterocycles. The minimum Gasteiger partial charge on any atom is -0.462 e. The van der Waals surface area contributed by atoms with Crippen LogP contribution in [0, 0.1) is 0 Å². The van der Waals surface area contributed by atoms with E-state index in [2.05, 4.69) is 148 Å². The van der Waals surface area contributed by atoms with Gasteiger partial charge in [0.15, 0.2) is 6.10 Å². The fraction of sp³-hybridized carbons (Fsp3) is 0.607. The summed E-state index contributed by atoms with van der Waals surface area (Å²) in [6, 6.07) is 0. The van der Waals surface area contributed by atoms with Crippen molar-refractivity contribution in [1.29, 1.82) is 0 Å². The van der Waals surface area contributed by atoms with Crippen molar-refractivity contribution in [2.75, 3.05) is 26.4 Å². The molecule has 2 unspecified atom stereocenters. The number of hydrogen-bond acceptors (Lipinski definition) is 8. The van der Waals surface area contributed by atoms with E-state index in [1.165, 1.54) is 57.8 Å². The third kappa shape index (κ3) is 55.3. The van der Waals surface area contributed by atoms with E-state index < -0.39 is 32.5 Å². The van der Waals surface area contributed by atoms with Crippen molar-refractivity contribution in [3.63, 3.8) is 0 Å². The van der Waals surface area contributed by atoms with Gasteiger partial charge in [-0.25, -0.2) is 4.57 Å². The van der Waals surface area contributed by atoms with Crippen LogP contribution in [-0.4, -0.2) is 49.3 Å². The van der Waals surface area contributed by atoms with E-state index in [1.54, 1.807) is 0 Å². The number of carbonyl (C=O) groups excluding carboxylic acids is 2. The molecule has 0 amide bonds. The molecule has 0 spiro atoms. The van der Waals surface area contributed by atoms with E-state index in [4.69, 9.17) is 24.3 Å². The van der Waals surface area contributed by atoms with Crippen LogP contribution in [0.15, 0.2) is 134 Å². The Hall–Kier alpha value is -3.85. The highest BCUT2D eigenvalue weighted by molar-refractivity contribution is 7.47. The van der Waals surface area contributed by atoms with Crippen LogP contribution < -0.4 is 5.73 Å². The van der Waals surface area contributed by atoms with Gasteiger partial charge in [0.2, 0.25) is 0 Å². The molecule has 402 valence electrons. The van der Waals surface area contributed by atoms with Crippen molar-refractivity contribution in [2.24, 2.45) is 5.73 Å². The summed E-state index contributed by atoms with van der Waals surface area (Å²) in [6.07, 6.45) is 77.8. The summed E-state index contributed by atoms with van der Waals surface area (Å²) >= 11 is 0.